The third kappa shape index (κ3) is 4.20. The molecule has 1 aromatic carbocycles. The molecule has 2 fully saturated rings. The largest absolute Gasteiger partial charge is 0.495 e. The maximum atomic E-state index is 12.8. The molecule has 0 N–H and O–H groups in total. The summed E-state index contributed by atoms with van der Waals surface area (Å²) in [7, 11) is -1.73. The number of ether oxygens (including phenoxy) is 1. The maximum Gasteiger partial charge on any atom is 0.228 e. The molecule has 2 aliphatic heterocycles. The highest BCUT2D eigenvalue weighted by atomic mass is 35.5. The molecule has 10 heteroatoms. The average Bonchev–Trinajstić information content (AvgIpc) is 3.02. The third-order valence-corrected chi connectivity index (χ3v) is 6.54. The first-order valence-electron chi connectivity index (χ1n) is 8.58. The molecule has 2 aliphatic rings. The zero-order valence-electron chi connectivity index (χ0n) is 15.2. The Bertz CT molecular complexity index is 852. The van der Waals surface area contributed by atoms with Crippen molar-refractivity contribution in [2.45, 2.75) is 6.42 Å². The SMILES string of the molecule is COc1ccc(N2C[C@H](C(=O)N3CCN(S(C)(=O)=O)CC3)CC2=O)cc1Cl. The van der Waals surface area contributed by atoms with Crippen molar-refractivity contribution in [2.75, 3.05) is 51.0 Å². The summed E-state index contributed by atoms with van der Waals surface area (Å²) in [5.74, 6) is -0.172. The fraction of sp³-hybridized carbons (Fsp3) is 0.529. The van der Waals surface area contributed by atoms with Crippen LogP contribution in [0.1, 0.15) is 6.42 Å². The molecule has 0 aliphatic carbocycles. The fourth-order valence-electron chi connectivity index (χ4n) is 3.44. The Labute approximate surface area is 163 Å². The lowest BCUT2D eigenvalue weighted by atomic mass is 10.1. The van der Waals surface area contributed by atoms with Gasteiger partial charge in [-0.25, -0.2) is 8.42 Å². The Morgan fingerprint density at radius 3 is 2.44 bits per heavy atom. The van der Waals surface area contributed by atoms with E-state index in [-0.39, 0.29) is 37.9 Å². The van der Waals surface area contributed by atoms with Crippen LogP contribution in [0.4, 0.5) is 5.69 Å². The molecule has 3 rings (SSSR count). The van der Waals surface area contributed by atoms with Crippen molar-refractivity contribution in [3.63, 3.8) is 0 Å². The molecule has 0 saturated carbocycles. The van der Waals surface area contributed by atoms with Crippen LogP contribution in [-0.4, -0.2) is 75.5 Å². The van der Waals surface area contributed by atoms with Gasteiger partial charge in [0.1, 0.15) is 5.75 Å². The number of carbonyl (C=O) groups excluding carboxylic acids is 2. The molecule has 1 aromatic rings. The predicted molar refractivity (Wildman–Crippen MR) is 101 cm³/mol. The molecule has 1 atom stereocenters. The monoisotopic (exact) mass is 415 g/mol. The van der Waals surface area contributed by atoms with E-state index >= 15 is 0 Å². The summed E-state index contributed by atoms with van der Waals surface area (Å²) in [6.45, 7) is 1.52. The molecule has 8 nitrogen and oxygen atoms in total. The molecule has 2 amide bonds. The number of sulfonamides is 1. The molecule has 0 bridgehead atoms. The van der Waals surface area contributed by atoms with Gasteiger partial charge in [-0.05, 0) is 18.2 Å². The summed E-state index contributed by atoms with van der Waals surface area (Å²) < 4.78 is 29.7. The number of carbonyl (C=O) groups is 2. The lowest BCUT2D eigenvalue weighted by Crippen LogP contribution is -2.51. The summed E-state index contributed by atoms with van der Waals surface area (Å²) in [6.07, 6.45) is 1.30. The quantitative estimate of drug-likeness (QED) is 0.726. The third-order valence-electron chi connectivity index (χ3n) is 4.94. The number of halogens is 1. The Hall–Kier alpha value is -1.84. The number of nitrogens with zero attached hydrogens (tertiary/aromatic N) is 3. The topological polar surface area (TPSA) is 87.2 Å². The Morgan fingerprint density at radius 1 is 1.22 bits per heavy atom. The lowest BCUT2D eigenvalue weighted by Gasteiger charge is -2.34. The highest BCUT2D eigenvalue weighted by molar-refractivity contribution is 7.88. The zero-order chi connectivity index (χ0) is 19.8. The van der Waals surface area contributed by atoms with Crippen molar-refractivity contribution in [2.24, 2.45) is 5.92 Å². The van der Waals surface area contributed by atoms with Crippen molar-refractivity contribution < 1.29 is 22.7 Å². The summed E-state index contributed by atoms with van der Waals surface area (Å²) in [6, 6.07) is 5.07. The van der Waals surface area contributed by atoms with Gasteiger partial charge in [0.2, 0.25) is 21.8 Å². The highest BCUT2D eigenvalue weighted by Crippen LogP contribution is 2.32. The number of piperazine rings is 1. The Balaban J connectivity index is 1.65. The number of methoxy groups -OCH3 is 1. The molecule has 148 valence electrons. The number of hydrogen-bond donors (Lipinski definition) is 0. The summed E-state index contributed by atoms with van der Waals surface area (Å²) in [5, 5.41) is 0.398. The number of hydrogen-bond acceptors (Lipinski definition) is 5. The van der Waals surface area contributed by atoms with E-state index in [9.17, 15) is 18.0 Å². The average molecular weight is 416 g/mol. The van der Waals surface area contributed by atoms with Crippen LogP contribution in [0, 0.1) is 5.92 Å². The summed E-state index contributed by atoms with van der Waals surface area (Å²) in [4.78, 5) is 28.4. The molecule has 0 aromatic heterocycles. The van der Waals surface area contributed by atoms with Crippen molar-refractivity contribution in [1.82, 2.24) is 9.21 Å². The van der Waals surface area contributed by atoms with Crippen LogP contribution in [0.5, 0.6) is 5.75 Å². The van der Waals surface area contributed by atoms with Gasteiger partial charge < -0.3 is 14.5 Å². The molecule has 2 saturated heterocycles. The zero-order valence-corrected chi connectivity index (χ0v) is 16.8. The van der Waals surface area contributed by atoms with Gasteiger partial charge in [0.15, 0.2) is 0 Å². The van der Waals surface area contributed by atoms with Crippen molar-refractivity contribution in [1.29, 1.82) is 0 Å². The normalized spacial score (nSPS) is 21.6. The smallest absolute Gasteiger partial charge is 0.228 e. The fourth-order valence-corrected chi connectivity index (χ4v) is 4.52. The number of rotatable bonds is 4. The first-order valence-corrected chi connectivity index (χ1v) is 10.8. The van der Waals surface area contributed by atoms with Crippen LogP contribution in [0.15, 0.2) is 18.2 Å². The first kappa shape index (κ1) is 19.9. The van der Waals surface area contributed by atoms with Gasteiger partial charge >= 0.3 is 0 Å². The van der Waals surface area contributed by atoms with E-state index in [2.05, 4.69) is 0 Å². The van der Waals surface area contributed by atoms with E-state index in [1.54, 1.807) is 28.0 Å². The maximum absolute atomic E-state index is 12.8. The van der Waals surface area contributed by atoms with Crippen LogP contribution >= 0.6 is 11.6 Å². The van der Waals surface area contributed by atoms with Crippen molar-refractivity contribution in [3.8, 4) is 5.75 Å². The molecule has 0 radical (unpaired) electrons. The molecule has 0 unspecified atom stereocenters. The number of amides is 2. The van der Waals surface area contributed by atoms with Crippen LogP contribution in [-0.2, 0) is 19.6 Å². The van der Waals surface area contributed by atoms with Crippen LogP contribution < -0.4 is 9.64 Å². The van der Waals surface area contributed by atoms with Gasteiger partial charge in [0, 0.05) is 44.8 Å². The van der Waals surface area contributed by atoms with E-state index in [0.29, 0.717) is 29.5 Å². The second-order valence-electron chi connectivity index (χ2n) is 6.71. The summed E-state index contributed by atoms with van der Waals surface area (Å²) in [5.41, 5.74) is 0.628. The van der Waals surface area contributed by atoms with E-state index in [1.165, 1.54) is 11.4 Å². The van der Waals surface area contributed by atoms with Crippen molar-refractivity contribution >= 4 is 39.1 Å². The van der Waals surface area contributed by atoms with E-state index in [0.717, 1.165) is 6.26 Å². The Morgan fingerprint density at radius 2 is 1.89 bits per heavy atom. The second-order valence-corrected chi connectivity index (χ2v) is 9.10. The lowest BCUT2D eigenvalue weighted by molar-refractivity contribution is -0.136. The minimum atomic E-state index is -3.25. The van der Waals surface area contributed by atoms with E-state index in [4.69, 9.17) is 16.3 Å². The van der Waals surface area contributed by atoms with Gasteiger partial charge in [-0.2, -0.15) is 4.31 Å². The van der Waals surface area contributed by atoms with E-state index in [1.807, 2.05) is 0 Å². The molecule has 0 spiro atoms. The van der Waals surface area contributed by atoms with Crippen LogP contribution in [0.3, 0.4) is 0 Å². The van der Waals surface area contributed by atoms with Gasteiger partial charge in [-0.15, -0.1) is 0 Å². The van der Waals surface area contributed by atoms with E-state index < -0.39 is 15.9 Å². The van der Waals surface area contributed by atoms with Crippen LogP contribution in [0.25, 0.3) is 0 Å². The molecular formula is C17H22ClN3O5S. The number of benzene rings is 1. The van der Waals surface area contributed by atoms with Crippen molar-refractivity contribution in [3.05, 3.63) is 23.2 Å². The first-order chi connectivity index (χ1) is 12.7. The molecule has 27 heavy (non-hydrogen) atoms. The standard InChI is InChI=1S/C17H22ClN3O5S/c1-26-15-4-3-13(10-14(15)18)21-11-12(9-16(21)22)17(23)19-5-7-20(8-6-19)27(2,24)25/h3-4,10,12H,5-9,11H2,1-2H3/t12-/m1/s1. The van der Waals surface area contributed by atoms with Gasteiger partial charge in [0.25, 0.3) is 0 Å². The minimum Gasteiger partial charge on any atom is -0.495 e. The second kappa shape index (κ2) is 7.65. The molecular weight excluding hydrogens is 394 g/mol. The minimum absolute atomic E-state index is 0.112. The summed E-state index contributed by atoms with van der Waals surface area (Å²) >= 11 is 6.13. The van der Waals surface area contributed by atoms with Gasteiger partial charge in [-0.1, -0.05) is 11.6 Å². The molecule has 2 heterocycles. The number of anilines is 1. The van der Waals surface area contributed by atoms with Crippen LogP contribution in [0.2, 0.25) is 5.02 Å². The van der Waals surface area contributed by atoms with Gasteiger partial charge in [-0.3, -0.25) is 9.59 Å². The highest BCUT2D eigenvalue weighted by Gasteiger charge is 2.38. The van der Waals surface area contributed by atoms with Gasteiger partial charge in [0.05, 0.1) is 24.3 Å². The Kier molecular flexibility index (Phi) is 5.64. The predicted octanol–water partition coefficient (Wildman–Crippen LogP) is 0.805.